The highest BCUT2D eigenvalue weighted by atomic mass is 16.5. The molecule has 2 rings (SSSR count). The van der Waals surface area contributed by atoms with Gasteiger partial charge in [0, 0.05) is 5.69 Å². The van der Waals surface area contributed by atoms with Gasteiger partial charge in [-0.2, -0.15) is 0 Å². The molecular weight excluding hydrogens is 264 g/mol. The van der Waals surface area contributed by atoms with E-state index in [0.29, 0.717) is 12.5 Å². The topological polar surface area (TPSA) is 64.4 Å². The summed E-state index contributed by atoms with van der Waals surface area (Å²) in [6.07, 6.45) is 6.69. The molecule has 0 bridgehead atoms. The van der Waals surface area contributed by atoms with E-state index in [1.165, 1.54) is 12.8 Å². The Kier molecular flexibility index (Phi) is 5.23. The van der Waals surface area contributed by atoms with Crippen molar-refractivity contribution in [3.63, 3.8) is 0 Å². The van der Waals surface area contributed by atoms with Gasteiger partial charge in [-0.1, -0.05) is 13.3 Å². The van der Waals surface area contributed by atoms with Crippen LogP contribution in [0.25, 0.3) is 0 Å². The number of amides is 1. The number of hydrogen-bond donors (Lipinski definition) is 2. The minimum Gasteiger partial charge on any atom is -0.490 e. The molecule has 1 aliphatic rings. The Bertz CT molecular complexity index is 462. The Morgan fingerprint density at radius 1 is 1.33 bits per heavy atom. The number of nitrogens with two attached hydrogens (primary N) is 1. The fourth-order valence-corrected chi connectivity index (χ4v) is 2.72. The van der Waals surface area contributed by atoms with Gasteiger partial charge in [0.05, 0.1) is 11.6 Å². The highest BCUT2D eigenvalue weighted by molar-refractivity contribution is 5.97. The summed E-state index contributed by atoms with van der Waals surface area (Å²) >= 11 is 0. The van der Waals surface area contributed by atoms with E-state index in [2.05, 4.69) is 5.32 Å². The van der Waals surface area contributed by atoms with E-state index in [-0.39, 0.29) is 5.91 Å². The molecule has 4 heteroatoms. The Morgan fingerprint density at radius 2 is 1.95 bits per heavy atom. The van der Waals surface area contributed by atoms with Crippen LogP contribution in [0.15, 0.2) is 24.3 Å². The first kappa shape index (κ1) is 15.8. The third-order valence-corrected chi connectivity index (χ3v) is 4.01. The Balaban J connectivity index is 1.91. The largest absolute Gasteiger partial charge is 0.490 e. The van der Waals surface area contributed by atoms with Gasteiger partial charge in [-0.25, -0.2) is 0 Å². The predicted octanol–water partition coefficient (Wildman–Crippen LogP) is 3.46. The number of carbonyl (C=O) groups excluding carboxylic acids is 1. The van der Waals surface area contributed by atoms with Crippen molar-refractivity contribution >= 4 is 11.6 Å². The minimum absolute atomic E-state index is 0.145. The van der Waals surface area contributed by atoms with E-state index in [0.717, 1.165) is 30.7 Å². The molecule has 0 aliphatic heterocycles. The number of rotatable bonds is 6. The van der Waals surface area contributed by atoms with Gasteiger partial charge in [-0.15, -0.1) is 0 Å². The average Bonchev–Trinajstić information content (AvgIpc) is 2.94. The van der Waals surface area contributed by atoms with Gasteiger partial charge in [-0.05, 0) is 63.3 Å². The highest BCUT2D eigenvalue weighted by Crippen LogP contribution is 2.25. The van der Waals surface area contributed by atoms with Crippen molar-refractivity contribution in [2.75, 3.05) is 5.32 Å². The highest BCUT2D eigenvalue weighted by Gasteiger charge is 2.27. The third kappa shape index (κ3) is 4.46. The summed E-state index contributed by atoms with van der Waals surface area (Å²) in [4.78, 5) is 12.1. The number of benzene rings is 1. The molecule has 21 heavy (non-hydrogen) atoms. The summed E-state index contributed by atoms with van der Waals surface area (Å²) in [5.74, 6) is 0.720. The van der Waals surface area contributed by atoms with Crippen molar-refractivity contribution in [1.82, 2.24) is 0 Å². The molecule has 1 fully saturated rings. The van der Waals surface area contributed by atoms with Crippen LogP contribution in [0.4, 0.5) is 5.69 Å². The lowest BCUT2D eigenvalue weighted by Crippen LogP contribution is -2.48. The van der Waals surface area contributed by atoms with Gasteiger partial charge in [0.1, 0.15) is 5.75 Å². The van der Waals surface area contributed by atoms with Gasteiger partial charge in [-0.3, -0.25) is 4.79 Å². The van der Waals surface area contributed by atoms with Crippen LogP contribution in [-0.2, 0) is 4.79 Å². The van der Waals surface area contributed by atoms with Crippen LogP contribution in [0, 0.1) is 0 Å². The molecule has 0 saturated heterocycles. The number of ether oxygens (including phenoxy) is 1. The van der Waals surface area contributed by atoms with Crippen molar-refractivity contribution in [2.45, 2.75) is 64.0 Å². The van der Waals surface area contributed by atoms with E-state index in [9.17, 15) is 4.79 Å². The molecule has 0 aromatic heterocycles. The van der Waals surface area contributed by atoms with Gasteiger partial charge < -0.3 is 15.8 Å². The molecule has 1 aromatic rings. The molecule has 1 aromatic carbocycles. The molecule has 0 heterocycles. The molecule has 1 unspecified atom stereocenters. The van der Waals surface area contributed by atoms with Gasteiger partial charge in [0.25, 0.3) is 0 Å². The first-order chi connectivity index (χ1) is 10.0. The summed E-state index contributed by atoms with van der Waals surface area (Å²) in [6.45, 7) is 3.79. The fraction of sp³-hybridized carbons (Fsp3) is 0.588. The summed E-state index contributed by atoms with van der Waals surface area (Å²) < 4.78 is 5.90. The number of anilines is 1. The zero-order valence-electron chi connectivity index (χ0n) is 13.0. The van der Waals surface area contributed by atoms with E-state index in [4.69, 9.17) is 10.5 Å². The lowest BCUT2D eigenvalue weighted by atomic mass is 9.96. The second-order valence-corrected chi connectivity index (χ2v) is 6.17. The SMILES string of the molecule is CCCC(C)(N)C(=O)Nc1ccc(OC2CCCC2)cc1. The Labute approximate surface area is 127 Å². The molecule has 1 atom stereocenters. The minimum atomic E-state index is -0.826. The monoisotopic (exact) mass is 290 g/mol. The smallest absolute Gasteiger partial charge is 0.244 e. The second-order valence-electron chi connectivity index (χ2n) is 6.17. The zero-order valence-corrected chi connectivity index (χ0v) is 13.0. The predicted molar refractivity (Wildman–Crippen MR) is 85.5 cm³/mol. The fourth-order valence-electron chi connectivity index (χ4n) is 2.72. The van der Waals surface area contributed by atoms with Crippen LogP contribution in [0.5, 0.6) is 5.75 Å². The second kappa shape index (κ2) is 6.94. The quantitative estimate of drug-likeness (QED) is 0.843. The number of carbonyl (C=O) groups is 1. The van der Waals surface area contributed by atoms with Crippen LogP contribution >= 0.6 is 0 Å². The van der Waals surface area contributed by atoms with Crippen molar-refractivity contribution in [3.05, 3.63) is 24.3 Å². The third-order valence-electron chi connectivity index (χ3n) is 4.01. The summed E-state index contributed by atoms with van der Waals surface area (Å²) in [5.41, 5.74) is 5.95. The van der Waals surface area contributed by atoms with Crippen LogP contribution < -0.4 is 15.8 Å². The lowest BCUT2D eigenvalue weighted by molar-refractivity contribution is -0.120. The van der Waals surface area contributed by atoms with E-state index < -0.39 is 5.54 Å². The maximum Gasteiger partial charge on any atom is 0.244 e. The van der Waals surface area contributed by atoms with E-state index in [1.807, 2.05) is 31.2 Å². The van der Waals surface area contributed by atoms with Gasteiger partial charge in [0.2, 0.25) is 5.91 Å². The van der Waals surface area contributed by atoms with Crippen molar-refractivity contribution < 1.29 is 9.53 Å². The van der Waals surface area contributed by atoms with E-state index in [1.54, 1.807) is 6.92 Å². The van der Waals surface area contributed by atoms with Crippen LogP contribution in [-0.4, -0.2) is 17.6 Å². The molecule has 0 radical (unpaired) electrons. The molecule has 1 amide bonds. The van der Waals surface area contributed by atoms with Gasteiger partial charge >= 0.3 is 0 Å². The molecule has 116 valence electrons. The summed E-state index contributed by atoms with van der Waals surface area (Å²) in [6, 6.07) is 7.54. The van der Waals surface area contributed by atoms with Crippen molar-refractivity contribution in [2.24, 2.45) is 5.73 Å². The average molecular weight is 290 g/mol. The molecule has 0 spiro atoms. The maximum atomic E-state index is 12.1. The maximum absolute atomic E-state index is 12.1. The van der Waals surface area contributed by atoms with Crippen molar-refractivity contribution in [3.8, 4) is 5.75 Å². The molecule has 3 N–H and O–H groups in total. The first-order valence-electron chi connectivity index (χ1n) is 7.88. The summed E-state index contributed by atoms with van der Waals surface area (Å²) in [7, 11) is 0. The van der Waals surface area contributed by atoms with E-state index >= 15 is 0 Å². The molecular formula is C17H26N2O2. The zero-order chi connectivity index (χ0) is 15.3. The number of nitrogens with one attached hydrogen (secondary N) is 1. The normalized spacial score (nSPS) is 18.2. The summed E-state index contributed by atoms with van der Waals surface area (Å²) in [5, 5.41) is 2.87. The Hall–Kier alpha value is -1.55. The standard InChI is InChI=1S/C17H26N2O2/c1-3-12-17(2,18)16(20)19-13-8-10-15(11-9-13)21-14-6-4-5-7-14/h8-11,14H,3-7,12,18H2,1-2H3,(H,19,20). The van der Waals surface area contributed by atoms with Crippen LogP contribution in [0.3, 0.4) is 0 Å². The van der Waals surface area contributed by atoms with Gasteiger partial charge in [0.15, 0.2) is 0 Å². The molecule has 1 saturated carbocycles. The molecule has 1 aliphatic carbocycles. The first-order valence-corrected chi connectivity index (χ1v) is 7.88. The lowest BCUT2D eigenvalue weighted by Gasteiger charge is -2.23. The van der Waals surface area contributed by atoms with Crippen LogP contribution in [0.1, 0.15) is 52.4 Å². The Morgan fingerprint density at radius 3 is 2.52 bits per heavy atom. The van der Waals surface area contributed by atoms with Crippen molar-refractivity contribution in [1.29, 1.82) is 0 Å². The molecule has 4 nitrogen and oxygen atoms in total. The van der Waals surface area contributed by atoms with Crippen LogP contribution in [0.2, 0.25) is 0 Å². The number of hydrogen-bond acceptors (Lipinski definition) is 3.